The predicted octanol–water partition coefficient (Wildman–Crippen LogP) is 4.28. The van der Waals surface area contributed by atoms with Crippen LogP contribution in [0, 0.1) is 0 Å². The van der Waals surface area contributed by atoms with Crippen molar-refractivity contribution in [3.63, 3.8) is 0 Å². The van der Waals surface area contributed by atoms with Gasteiger partial charge in [-0.2, -0.15) is 0 Å². The molecule has 1 aromatic carbocycles. The van der Waals surface area contributed by atoms with Crippen molar-refractivity contribution in [3.05, 3.63) is 53.7 Å². The summed E-state index contributed by atoms with van der Waals surface area (Å²) in [6.45, 7) is 5.00. The fourth-order valence-electron chi connectivity index (χ4n) is 2.41. The summed E-state index contributed by atoms with van der Waals surface area (Å²) in [6.07, 6.45) is 5.51. The molecule has 0 amide bonds. The molecule has 0 fully saturated rings. The van der Waals surface area contributed by atoms with Crippen molar-refractivity contribution in [3.8, 4) is 0 Å². The zero-order valence-corrected chi connectivity index (χ0v) is 12.8. The van der Waals surface area contributed by atoms with Gasteiger partial charge < -0.3 is 9.88 Å². The predicted molar refractivity (Wildman–Crippen MR) is 86.7 cm³/mol. The molecular weight excluding hydrogens is 284 g/mol. The highest BCUT2D eigenvalue weighted by atomic mass is 35.5. The van der Waals surface area contributed by atoms with Gasteiger partial charge in [0.1, 0.15) is 0 Å². The lowest BCUT2D eigenvalue weighted by Gasteiger charge is -2.14. The molecule has 0 saturated heterocycles. The van der Waals surface area contributed by atoms with Gasteiger partial charge in [-0.05, 0) is 38.1 Å². The minimum Gasteiger partial charge on any atom is -0.379 e. The summed E-state index contributed by atoms with van der Waals surface area (Å²) in [5.74, 6) is 0. The average molecular weight is 301 g/mol. The van der Waals surface area contributed by atoms with Gasteiger partial charge in [-0.15, -0.1) is 0 Å². The number of nitrogens with zero attached hydrogens (tertiary/aromatic N) is 3. The molecule has 0 spiro atoms. The molecule has 0 aliphatic heterocycles. The van der Waals surface area contributed by atoms with E-state index in [1.807, 2.05) is 36.8 Å². The maximum atomic E-state index is 6.19. The van der Waals surface area contributed by atoms with Crippen LogP contribution in [0.25, 0.3) is 10.9 Å². The Balaban J connectivity index is 1.89. The second-order valence-electron chi connectivity index (χ2n) is 5.23. The van der Waals surface area contributed by atoms with Crippen LogP contribution in [-0.2, 0) is 6.54 Å². The third kappa shape index (κ3) is 2.72. The molecule has 2 aromatic heterocycles. The fraction of sp³-hybridized carbons (Fsp3) is 0.250. The number of fused-ring (bicyclic) bond motifs is 1. The monoisotopic (exact) mass is 300 g/mol. The molecule has 0 saturated carbocycles. The second kappa shape index (κ2) is 5.74. The van der Waals surface area contributed by atoms with Crippen molar-refractivity contribution in [2.45, 2.75) is 26.4 Å². The number of halogens is 1. The number of nitrogens with one attached hydrogen (secondary N) is 1. The van der Waals surface area contributed by atoms with Crippen molar-refractivity contribution in [2.24, 2.45) is 0 Å². The van der Waals surface area contributed by atoms with Crippen molar-refractivity contribution in [1.82, 2.24) is 14.5 Å². The van der Waals surface area contributed by atoms with Crippen LogP contribution in [0.5, 0.6) is 0 Å². The minimum atomic E-state index is 0.396. The van der Waals surface area contributed by atoms with Crippen molar-refractivity contribution >= 4 is 28.2 Å². The van der Waals surface area contributed by atoms with Gasteiger partial charge in [0, 0.05) is 29.5 Å². The smallest absolute Gasteiger partial charge is 0.0951 e. The topological polar surface area (TPSA) is 42.7 Å². The summed E-state index contributed by atoms with van der Waals surface area (Å²) in [7, 11) is 0. The molecule has 0 aliphatic rings. The molecule has 0 aliphatic carbocycles. The first kappa shape index (κ1) is 13.9. The summed E-state index contributed by atoms with van der Waals surface area (Å²) < 4.78 is 2.16. The normalized spacial score (nSPS) is 11.2. The second-order valence-corrected chi connectivity index (χ2v) is 5.64. The summed E-state index contributed by atoms with van der Waals surface area (Å²) >= 11 is 6.19. The third-order valence-corrected chi connectivity index (χ3v) is 3.79. The van der Waals surface area contributed by atoms with E-state index >= 15 is 0 Å². The first-order valence-electron chi connectivity index (χ1n) is 6.94. The van der Waals surface area contributed by atoms with Crippen LogP contribution in [0.15, 0.2) is 43.0 Å². The zero-order valence-electron chi connectivity index (χ0n) is 12.0. The lowest BCUT2D eigenvalue weighted by Crippen LogP contribution is -2.09. The summed E-state index contributed by atoms with van der Waals surface area (Å²) in [5, 5.41) is 5.15. The van der Waals surface area contributed by atoms with Crippen LogP contribution in [0.3, 0.4) is 0 Å². The van der Waals surface area contributed by atoms with E-state index < -0.39 is 0 Å². The largest absolute Gasteiger partial charge is 0.379 e. The Morgan fingerprint density at radius 2 is 2.14 bits per heavy atom. The molecule has 1 N–H and O–H groups in total. The Kier molecular flexibility index (Phi) is 3.80. The molecule has 3 rings (SSSR count). The van der Waals surface area contributed by atoms with E-state index in [1.165, 1.54) is 0 Å². The molecule has 5 heteroatoms. The number of imidazole rings is 1. The van der Waals surface area contributed by atoms with Crippen LogP contribution in [0.2, 0.25) is 5.02 Å². The molecule has 0 bridgehead atoms. The van der Waals surface area contributed by atoms with E-state index in [0.717, 1.165) is 22.3 Å². The van der Waals surface area contributed by atoms with E-state index in [9.17, 15) is 0 Å². The van der Waals surface area contributed by atoms with E-state index in [2.05, 4.69) is 33.7 Å². The van der Waals surface area contributed by atoms with Gasteiger partial charge in [0.05, 0.1) is 29.1 Å². The van der Waals surface area contributed by atoms with Crippen LogP contribution >= 0.6 is 11.6 Å². The maximum Gasteiger partial charge on any atom is 0.0951 e. The standard InChI is InChI=1S/C16H17ClN4/c1-11(2)21-10-18-8-12(21)9-20-15-6-5-14(17)16-13(15)4-3-7-19-16/h3-8,10-11,20H,9H2,1-2H3. The molecule has 0 atom stereocenters. The number of pyridine rings is 1. The quantitative estimate of drug-likeness (QED) is 0.782. The van der Waals surface area contributed by atoms with E-state index in [0.29, 0.717) is 17.6 Å². The first-order valence-corrected chi connectivity index (χ1v) is 7.32. The number of aromatic nitrogens is 3. The summed E-state index contributed by atoms with van der Waals surface area (Å²) in [4.78, 5) is 8.56. The van der Waals surface area contributed by atoms with Crippen molar-refractivity contribution in [2.75, 3.05) is 5.32 Å². The van der Waals surface area contributed by atoms with Crippen LogP contribution in [0.4, 0.5) is 5.69 Å². The molecule has 4 nitrogen and oxygen atoms in total. The third-order valence-electron chi connectivity index (χ3n) is 3.48. The molecule has 108 valence electrons. The Morgan fingerprint density at radius 3 is 2.95 bits per heavy atom. The number of anilines is 1. The minimum absolute atomic E-state index is 0.396. The Morgan fingerprint density at radius 1 is 1.29 bits per heavy atom. The molecule has 2 heterocycles. The number of hydrogen-bond acceptors (Lipinski definition) is 3. The molecular formula is C16H17ClN4. The van der Waals surface area contributed by atoms with Crippen LogP contribution in [0.1, 0.15) is 25.6 Å². The molecule has 21 heavy (non-hydrogen) atoms. The van der Waals surface area contributed by atoms with Crippen molar-refractivity contribution in [1.29, 1.82) is 0 Å². The SMILES string of the molecule is CC(C)n1cncc1CNc1ccc(Cl)c2ncccc12. The summed E-state index contributed by atoms with van der Waals surface area (Å²) in [6, 6.07) is 8.20. The van der Waals surface area contributed by atoms with E-state index in [4.69, 9.17) is 11.6 Å². The highest BCUT2D eigenvalue weighted by Crippen LogP contribution is 2.28. The number of hydrogen-bond donors (Lipinski definition) is 1. The average Bonchev–Trinajstić information content (AvgIpc) is 2.96. The zero-order chi connectivity index (χ0) is 14.8. The highest BCUT2D eigenvalue weighted by Gasteiger charge is 2.08. The van der Waals surface area contributed by atoms with Crippen LogP contribution in [-0.4, -0.2) is 14.5 Å². The molecule has 0 unspecified atom stereocenters. The Hall–Kier alpha value is -2.07. The first-order chi connectivity index (χ1) is 10.2. The van der Waals surface area contributed by atoms with Gasteiger partial charge in [0.15, 0.2) is 0 Å². The molecule has 0 radical (unpaired) electrons. The summed E-state index contributed by atoms with van der Waals surface area (Å²) in [5.41, 5.74) is 3.00. The van der Waals surface area contributed by atoms with E-state index in [-0.39, 0.29) is 0 Å². The lowest BCUT2D eigenvalue weighted by atomic mass is 10.2. The van der Waals surface area contributed by atoms with Crippen LogP contribution < -0.4 is 5.32 Å². The van der Waals surface area contributed by atoms with Gasteiger partial charge in [0.2, 0.25) is 0 Å². The Bertz CT molecular complexity index is 764. The highest BCUT2D eigenvalue weighted by molar-refractivity contribution is 6.35. The van der Waals surface area contributed by atoms with Gasteiger partial charge in [-0.3, -0.25) is 4.98 Å². The lowest BCUT2D eigenvalue weighted by molar-refractivity contribution is 0.577. The van der Waals surface area contributed by atoms with Gasteiger partial charge >= 0.3 is 0 Å². The van der Waals surface area contributed by atoms with Gasteiger partial charge in [-0.1, -0.05) is 11.6 Å². The van der Waals surface area contributed by atoms with Gasteiger partial charge in [0.25, 0.3) is 0 Å². The Labute approximate surface area is 128 Å². The number of rotatable bonds is 4. The van der Waals surface area contributed by atoms with Crippen molar-refractivity contribution < 1.29 is 0 Å². The fourth-order valence-corrected chi connectivity index (χ4v) is 2.63. The van der Waals surface area contributed by atoms with E-state index in [1.54, 1.807) is 6.20 Å². The number of benzene rings is 1. The molecule has 3 aromatic rings. The van der Waals surface area contributed by atoms with Gasteiger partial charge in [-0.25, -0.2) is 4.98 Å². The maximum absolute atomic E-state index is 6.19.